The fourth-order valence-corrected chi connectivity index (χ4v) is 3.54. The average Bonchev–Trinajstić information content (AvgIpc) is 2.89. The van der Waals surface area contributed by atoms with E-state index in [0.29, 0.717) is 24.2 Å². The van der Waals surface area contributed by atoms with E-state index in [2.05, 4.69) is 15.6 Å². The molecule has 2 N–H and O–H groups in total. The summed E-state index contributed by atoms with van der Waals surface area (Å²) in [4.78, 5) is 34.7. The minimum atomic E-state index is -0.913. The van der Waals surface area contributed by atoms with Gasteiger partial charge in [0.2, 0.25) is 0 Å². The molecule has 1 aromatic carbocycles. The van der Waals surface area contributed by atoms with E-state index in [4.69, 9.17) is 0 Å². The molecule has 28 heavy (non-hydrogen) atoms. The highest BCUT2D eigenvalue weighted by Crippen LogP contribution is 2.24. The van der Waals surface area contributed by atoms with E-state index in [9.17, 15) is 24.8 Å². The number of hydrogen-bond acceptors (Lipinski definition) is 6. The molecule has 0 unspecified atom stereocenters. The first-order valence-electron chi connectivity index (χ1n) is 9.09. The van der Waals surface area contributed by atoms with Gasteiger partial charge in [-0.15, -0.1) is 5.10 Å². The number of carboxylic acid groups (broad SMARTS) is 1. The van der Waals surface area contributed by atoms with Gasteiger partial charge in [-0.1, -0.05) is 30.5 Å². The summed E-state index contributed by atoms with van der Waals surface area (Å²) in [5.74, 6) is -2.03. The zero-order valence-corrected chi connectivity index (χ0v) is 15.4. The van der Waals surface area contributed by atoms with Gasteiger partial charge in [0.25, 0.3) is 11.6 Å². The van der Waals surface area contributed by atoms with E-state index in [1.807, 2.05) is 0 Å². The molecule has 0 spiro atoms. The Balaban J connectivity index is 1.83. The normalized spacial score (nSPS) is 19.6. The Kier molecular flexibility index (Phi) is 5.67. The topological polar surface area (TPSA) is 140 Å². The van der Waals surface area contributed by atoms with Gasteiger partial charge in [-0.3, -0.25) is 19.7 Å². The van der Waals surface area contributed by atoms with Crippen LogP contribution in [-0.4, -0.2) is 42.9 Å². The largest absolute Gasteiger partial charge is 0.481 e. The molecule has 1 aliphatic carbocycles. The van der Waals surface area contributed by atoms with E-state index >= 15 is 0 Å². The van der Waals surface area contributed by atoms with E-state index in [-0.39, 0.29) is 11.4 Å². The van der Waals surface area contributed by atoms with Crippen LogP contribution in [0.5, 0.6) is 0 Å². The number of aromatic nitrogens is 3. The lowest BCUT2D eigenvalue weighted by Crippen LogP contribution is -2.43. The number of carbonyl (C=O) groups excluding carboxylic acids is 1. The standard InChI is InChI=1S/C18H21N5O5/c1-11-16(17(24)19-15-9-4-2-3-8-14(15)18(25)26)20-21-22(11)12-6-5-7-13(10-12)23(27)28/h5-7,10,14-15H,2-4,8-9H2,1H3,(H,19,24)(H,25,26)/t14-,15+/m1/s1. The molecule has 0 radical (unpaired) electrons. The number of nitrogens with zero attached hydrogens (tertiary/aromatic N) is 4. The number of non-ortho nitro benzene ring substituents is 1. The van der Waals surface area contributed by atoms with E-state index < -0.39 is 28.8 Å². The van der Waals surface area contributed by atoms with Crippen LogP contribution in [0.4, 0.5) is 5.69 Å². The molecule has 148 valence electrons. The van der Waals surface area contributed by atoms with Crippen molar-refractivity contribution in [1.29, 1.82) is 0 Å². The second-order valence-electron chi connectivity index (χ2n) is 6.87. The summed E-state index contributed by atoms with van der Waals surface area (Å²) in [6.07, 6.45) is 3.75. The summed E-state index contributed by atoms with van der Waals surface area (Å²) in [5, 5.41) is 31.1. The summed E-state index contributed by atoms with van der Waals surface area (Å²) in [5.41, 5.74) is 0.802. The SMILES string of the molecule is Cc1c(C(=O)N[C@H]2CCCCC[C@H]2C(=O)O)nnn1-c1cccc([N+](=O)[O-])c1. The highest BCUT2D eigenvalue weighted by atomic mass is 16.6. The lowest BCUT2D eigenvalue weighted by atomic mass is 9.94. The number of aliphatic carboxylic acids is 1. The Bertz CT molecular complexity index is 910. The van der Waals surface area contributed by atoms with Gasteiger partial charge in [0.1, 0.15) is 0 Å². The number of rotatable bonds is 5. The average molecular weight is 387 g/mol. The zero-order chi connectivity index (χ0) is 20.3. The van der Waals surface area contributed by atoms with E-state index in [1.165, 1.54) is 22.9 Å². The van der Waals surface area contributed by atoms with Crippen molar-refractivity contribution < 1.29 is 19.6 Å². The molecule has 2 aromatic rings. The molecule has 0 aliphatic heterocycles. The first-order valence-corrected chi connectivity index (χ1v) is 9.09. The third-order valence-corrected chi connectivity index (χ3v) is 5.04. The predicted octanol–water partition coefficient (Wildman–Crippen LogP) is 2.25. The van der Waals surface area contributed by atoms with Crippen molar-refractivity contribution >= 4 is 17.6 Å². The van der Waals surface area contributed by atoms with Gasteiger partial charge < -0.3 is 10.4 Å². The van der Waals surface area contributed by atoms with Crippen LogP contribution in [-0.2, 0) is 4.79 Å². The molecule has 1 heterocycles. The molecule has 10 heteroatoms. The Hall–Kier alpha value is -3.30. The molecular weight excluding hydrogens is 366 g/mol. The maximum absolute atomic E-state index is 12.7. The molecule has 1 saturated carbocycles. The van der Waals surface area contributed by atoms with Crippen molar-refractivity contribution in [2.24, 2.45) is 5.92 Å². The Morgan fingerprint density at radius 2 is 2.04 bits per heavy atom. The number of carbonyl (C=O) groups is 2. The summed E-state index contributed by atoms with van der Waals surface area (Å²) >= 11 is 0. The van der Waals surface area contributed by atoms with Gasteiger partial charge in [0.05, 0.1) is 22.2 Å². The number of amides is 1. The fraction of sp³-hybridized carbons (Fsp3) is 0.444. The first kappa shape index (κ1) is 19.5. The predicted molar refractivity (Wildman–Crippen MR) is 98.2 cm³/mol. The summed E-state index contributed by atoms with van der Waals surface area (Å²) in [6.45, 7) is 1.63. The maximum Gasteiger partial charge on any atom is 0.308 e. The molecule has 0 saturated heterocycles. The number of carboxylic acids is 1. The van der Waals surface area contributed by atoms with E-state index in [1.54, 1.807) is 13.0 Å². The smallest absolute Gasteiger partial charge is 0.308 e. The van der Waals surface area contributed by atoms with Gasteiger partial charge in [-0.25, -0.2) is 4.68 Å². The van der Waals surface area contributed by atoms with Crippen molar-refractivity contribution in [2.75, 3.05) is 0 Å². The van der Waals surface area contributed by atoms with Crippen LogP contribution in [0.25, 0.3) is 5.69 Å². The van der Waals surface area contributed by atoms with Gasteiger partial charge in [0, 0.05) is 18.2 Å². The van der Waals surface area contributed by atoms with Crippen molar-refractivity contribution in [3.05, 3.63) is 45.8 Å². The van der Waals surface area contributed by atoms with Crippen LogP contribution < -0.4 is 5.32 Å². The Labute approximate surface area is 160 Å². The van der Waals surface area contributed by atoms with Crippen LogP contribution in [0, 0.1) is 23.0 Å². The van der Waals surface area contributed by atoms with Crippen molar-refractivity contribution in [2.45, 2.75) is 45.1 Å². The second-order valence-corrected chi connectivity index (χ2v) is 6.87. The van der Waals surface area contributed by atoms with Crippen molar-refractivity contribution in [3.63, 3.8) is 0 Å². The molecule has 0 bridgehead atoms. The fourth-order valence-electron chi connectivity index (χ4n) is 3.54. The third kappa shape index (κ3) is 4.00. The van der Waals surface area contributed by atoms with Gasteiger partial charge in [0.15, 0.2) is 5.69 Å². The number of nitro benzene ring substituents is 1. The molecule has 2 atom stereocenters. The monoisotopic (exact) mass is 387 g/mol. The molecule has 10 nitrogen and oxygen atoms in total. The van der Waals surface area contributed by atoms with Gasteiger partial charge in [-0.05, 0) is 25.8 Å². The summed E-state index contributed by atoms with van der Waals surface area (Å²) in [6, 6.07) is 5.39. The second kappa shape index (κ2) is 8.15. The maximum atomic E-state index is 12.7. The van der Waals surface area contributed by atoms with Gasteiger partial charge in [-0.2, -0.15) is 0 Å². The third-order valence-electron chi connectivity index (χ3n) is 5.04. The quantitative estimate of drug-likeness (QED) is 0.455. The highest BCUT2D eigenvalue weighted by molar-refractivity contribution is 5.93. The Morgan fingerprint density at radius 3 is 2.75 bits per heavy atom. The molecule has 1 fully saturated rings. The minimum absolute atomic E-state index is 0.0693. The van der Waals surface area contributed by atoms with Crippen LogP contribution in [0.1, 0.15) is 48.3 Å². The van der Waals surface area contributed by atoms with Crippen LogP contribution in [0.15, 0.2) is 24.3 Å². The summed E-state index contributed by atoms with van der Waals surface area (Å²) in [7, 11) is 0. The zero-order valence-electron chi connectivity index (χ0n) is 15.4. The van der Waals surface area contributed by atoms with Crippen LogP contribution in [0.2, 0.25) is 0 Å². The Morgan fingerprint density at radius 1 is 1.29 bits per heavy atom. The number of benzene rings is 1. The van der Waals surface area contributed by atoms with Crippen LogP contribution >= 0.6 is 0 Å². The highest BCUT2D eigenvalue weighted by Gasteiger charge is 2.32. The van der Waals surface area contributed by atoms with Crippen molar-refractivity contribution in [3.8, 4) is 5.69 Å². The summed E-state index contributed by atoms with van der Waals surface area (Å²) < 4.78 is 1.35. The van der Waals surface area contributed by atoms with Crippen LogP contribution in [0.3, 0.4) is 0 Å². The van der Waals surface area contributed by atoms with E-state index in [0.717, 1.165) is 19.3 Å². The lowest BCUT2D eigenvalue weighted by molar-refractivity contribution is -0.384. The molecule has 1 aromatic heterocycles. The first-order chi connectivity index (χ1) is 13.4. The number of nitro groups is 1. The van der Waals surface area contributed by atoms with Gasteiger partial charge >= 0.3 is 5.97 Å². The molecule has 1 aliphatic rings. The molecule has 3 rings (SSSR count). The molecule has 1 amide bonds. The lowest BCUT2D eigenvalue weighted by Gasteiger charge is -2.22. The minimum Gasteiger partial charge on any atom is -0.481 e. The number of hydrogen-bond donors (Lipinski definition) is 2. The molecular formula is C18H21N5O5. The van der Waals surface area contributed by atoms with Crippen molar-refractivity contribution in [1.82, 2.24) is 20.3 Å². The number of nitrogens with one attached hydrogen (secondary N) is 1.